The van der Waals surface area contributed by atoms with Gasteiger partial charge in [-0.1, -0.05) is 0 Å². The molecule has 2 rings (SSSR count). The molecule has 0 bridgehead atoms. The summed E-state index contributed by atoms with van der Waals surface area (Å²) >= 11 is 0. The first-order valence-corrected chi connectivity index (χ1v) is 7.19. The van der Waals surface area contributed by atoms with Crippen LogP contribution in [0.4, 0.5) is 0 Å². The van der Waals surface area contributed by atoms with Crippen LogP contribution < -0.4 is 0 Å². The molecule has 6 heteroatoms. The van der Waals surface area contributed by atoms with Crippen molar-refractivity contribution in [1.29, 1.82) is 0 Å². The highest BCUT2D eigenvalue weighted by molar-refractivity contribution is 5.76. The van der Waals surface area contributed by atoms with Crippen molar-refractivity contribution in [2.45, 2.75) is 38.4 Å². The molecule has 1 aliphatic heterocycles. The molecule has 1 aromatic rings. The fourth-order valence-electron chi connectivity index (χ4n) is 2.62. The first kappa shape index (κ1) is 15.9. The Morgan fingerprint density at radius 1 is 1.57 bits per heavy atom. The second-order valence-corrected chi connectivity index (χ2v) is 5.93. The Labute approximate surface area is 125 Å². The summed E-state index contributed by atoms with van der Waals surface area (Å²) in [4.78, 5) is 22.3. The summed E-state index contributed by atoms with van der Waals surface area (Å²) in [6, 6.07) is 1.84. The van der Waals surface area contributed by atoms with E-state index in [4.69, 9.17) is 9.47 Å². The highest BCUT2D eigenvalue weighted by Crippen LogP contribution is 2.22. The fraction of sp³-hybridized carbons (Fsp3) is 0.667. The highest BCUT2D eigenvalue weighted by atomic mass is 16.5. The van der Waals surface area contributed by atoms with E-state index < -0.39 is 0 Å². The number of nitrogens with zero attached hydrogens (tertiary/aromatic N) is 3. The zero-order chi connectivity index (χ0) is 15.3. The Bertz CT molecular complexity index is 464. The van der Waals surface area contributed by atoms with E-state index in [1.54, 1.807) is 13.3 Å². The van der Waals surface area contributed by atoms with Crippen molar-refractivity contribution in [3.05, 3.63) is 24.3 Å². The maximum absolute atomic E-state index is 12.4. The van der Waals surface area contributed by atoms with Gasteiger partial charge in [-0.25, -0.2) is 9.97 Å². The standard InChI is InChI=1S/C15H23N3O3/c1-15(2)10-18(8-13(21-15)9-20-3)14(19)5-4-12-6-7-16-11-17-12/h6-7,11,13H,4-5,8-10H2,1-3H3. The van der Waals surface area contributed by atoms with Gasteiger partial charge in [0.25, 0.3) is 0 Å². The molecule has 1 unspecified atom stereocenters. The minimum atomic E-state index is -0.341. The summed E-state index contributed by atoms with van der Waals surface area (Å²) in [6.07, 6.45) is 4.22. The molecule has 0 radical (unpaired) electrons. The summed E-state index contributed by atoms with van der Waals surface area (Å²) in [5.41, 5.74) is 0.547. The van der Waals surface area contributed by atoms with Gasteiger partial charge in [0, 0.05) is 38.5 Å². The lowest BCUT2D eigenvalue weighted by Crippen LogP contribution is -2.55. The first-order valence-electron chi connectivity index (χ1n) is 7.19. The molecule has 21 heavy (non-hydrogen) atoms. The van der Waals surface area contributed by atoms with E-state index in [9.17, 15) is 4.79 Å². The van der Waals surface area contributed by atoms with Crippen molar-refractivity contribution in [3.63, 3.8) is 0 Å². The third-order valence-electron chi connectivity index (χ3n) is 3.42. The van der Waals surface area contributed by atoms with Gasteiger partial charge in [-0.3, -0.25) is 4.79 Å². The van der Waals surface area contributed by atoms with Crippen LogP contribution in [0.5, 0.6) is 0 Å². The number of aromatic nitrogens is 2. The molecule has 1 atom stereocenters. The SMILES string of the molecule is COCC1CN(C(=O)CCc2ccncn2)CC(C)(C)O1. The molecule has 0 aromatic carbocycles. The monoisotopic (exact) mass is 293 g/mol. The van der Waals surface area contributed by atoms with E-state index in [0.717, 1.165) is 5.69 Å². The number of rotatable bonds is 5. The minimum Gasteiger partial charge on any atom is -0.382 e. The number of methoxy groups -OCH3 is 1. The van der Waals surface area contributed by atoms with Gasteiger partial charge >= 0.3 is 0 Å². The van der Waals surface area contributed by atoms with Crippen molar-refractivity contribution in [2.24, 2.45) is 0 Å². The van der Waals surface area contributed by atoms with Gasteiger partial charge in [0.2, 0.25) is 5.91 Å². The number of amides is 1. The Morgan fingerprint density at radius 2 is 2.38 bits per heavy atom. The van der Waals surface area contributed by atoms with Gasteiger partial charge in [0.1, 0.15) is 6.33 Å². The van der Waals surface area contributed by atoms with E-state index in [0.29, 0.717) is 32.5 Å². The molecule has 1 aliphatic rings. The lowest BCUT2D eigenvalue weighted by molar-refractivity contribution is -0.168. The second-order valence-electron chi connectivity index (χ2n) is 5.93. The van der Waals surface area contributed by atoms with Gasteiger partial charge < -0.3 is 14.4 Å². The van der Waals surface area contributed by atoms with E-state index >= 15 is 0 Å². The van der Waals surface area contributed by atoms with Crippen LogP contribution in [0.3, 0.4) is 0 Å². The molecule has 1 amide bonds. The van der Waals surface area contributed by atoms with Gasteiger partial charge in [0.05, 0.1) is 18.3 Å². The molecule has 1 fully saturated rings. The van der Waals surface area contributed by atoms with E-state index in [-0.39, 0.29) is 17.6 Å². The predicted octanol–water partition coefficient (Wildman–Crippen LogP) is 1.06. The molecule has 0 saturated carbocycles. The number of hydrogen-bond acceptors (Lipinski definition) is 5. The zero-order valence-electron chi connectivity index (χ0n) is 12.9. The first-order chi connectivity index (χ1) is 10.00. The van der Waals surface area contributed by atoms with Gasteiger partial charge in [0.15, 0.2) is 0 Å². The molecule has 1 saturated heterocycles. The average Bonchev–Trinajstić information content (AvgIpc) is 2.44. The van der Waals surface area contributed by atoms with Crippen LogP contribution >= 0.6 is 0 Å². The van der Waals surface area contributed by atoms with Crippen LogP contribution in [-0.4, -0.2) is 59.3 Å². The Morgan fingerprint density at radius 3 is 3.05 bits per heavy atom. The van der Waals surface area contributed by atoms with Gasteiger partial charge in [-0.2, -0.15) is 0 Å². The molecule has 2 heterocycles. The van der Waals surface area contributed by atoms with Crippen LogP contribution in [0.2, 0.25) is 0 Å². The number of aryl methyl sites for hydroxylation is 1. The lowest BCUT2D eigenvalue weighted by Gasteiger charge is -2.42. The predicted molar refractivity (Wildman–Crippen MR) is 77.8 cm³/mol. The third kappa shape index (κ3) is 4.75. The van der Waals surface area contributed by atoms with Gasteiger partial charge in [-0.05, 0) is 26.3 Å². The molecule has 0 spiro atoms. The molecule has 0 N–H and O–H groups in total. The fourth-order valence-corrected chi connectivity index (χ4v) is 2.62. The van der Waals surface area contributed by atoms with Crippen molar-refractivity contribution in [3.8, 4) is 0 Å². The Hall–Kier alpha value is -1.53. The van der Waals surface area contributed by atoms with Crippen molar-refractivity contribution in [1.82, 2.24) is 14.9 Å². The van der Waals surface area contributed by atoms with E-state index in [1.807, 2.05) is 24.8 Å². The Balaban J connectivity index is 1.91. The number of morpholine rings is 1. The van der Waals surface area contributed by atoms with Crippen LogP contribution in [0.1, 0.15) is 26.0 Å². The smallest absolute Gasteiger partial charge is 0.223 e. The summed E-state index contributed by atoms with van der Waals surface area (Å²) in [7, 11) is 1.65. The van der Waals surface area contributed by atoms with E-state index in [1.165, 1.54) is 6.33 Å². The Kier molecular flexibility index (Phi) is 5.25. The van der Waals surface area contributed by atoms with E-state index in [2.05, 4.69) is 9.97 Å². The molecule has 1 aromatic heterocycles. The van der Waals surface area contributed by atoms with Crippen molar-refractivity contribution in [2.75, 3.05) is 26.8 Å². The lowest BCUT2D eigenvalue weighted by atomic mass is 10.0. The maximum Gasteiger partial charge on any atom is 0.223 e. The summed E-state index contributed by atoms with van der Waals surface area (Å²) < 4.78 is 11.1. The van der Waals surface area contributed by atoms with Crippen LogP contribution in [0.15, 0.2) is 18.6 Å². The number of hydrogen-bond donors (Lipinski definition) is 0. The van der Waals surface area contributed by atoms with Gasteiger partial charge in [-0.15, -0.1) is 0 Å². The number of carbonyl (C=O) groups is 1. The largest absolute Gasteiger partial charge is 0.382 e. The number of ether oxygens (including phenoxy) is 2. The zero-order valence-corrected chi connectivity index (χ0v) is 12.9. The molecule has 116 valence electrons. The molecule has 0 aliphatic carbocycles. The van der Waals surface area contributed by atoms with Crippen molar-refractivity contribution >= 4 is 5.91 Å². The molecular weight excluding hydrogens is 270 g/mol. The second kappa shape index (κ2) is 6.95. The third-order valence-corrected chi connectivity index (χ3v) is 3.42. The summed E-state index contributed by atoms with van der Waals surface area (Å²) in [6.45, 7) is 5.69. The highest BCUT2D eigenvalue weighted by Gasteiger charge is 2.35. The number of carbonyl (C=O) groups excluding carboxylic acids is 1. The summed E-state index contributed by atoms with van der Waals surface area (Å²) in [5.74, 6) is 0.131. The maximum atomic E-state index is 12.4. The quantitative estimate of drug-likeness (QED) is 0.812. The summed E-state index contributed by atoms with van der Waals surface area (Å²) in [5, 5.41) is 0. The minimum absolute atomic E-state index is 0.0678. The van der Waals surface area contributed by atoms with Crippen LogP contribution in [0.25, 0.3) is 0 Å². The molecular formula is C15H23N3O3. The average molecular weight is 293 g/mol. The van der Waals surface area contributed by atoms with Crippen molar-refractivity contribution < 1.29 is 14.3 Å². The topological polar surface area (TPSA) is 64.5 Å². The normalized spacial score (nSPS) is 21.3. The molecule has 6 nitrogen and oxygen atoms in total. The van der Waals surface area contributed by atoms with Crippen LogP contribution in [-0.2, 0) is 20.7 Å². The van der Waals surface area contributed by atoms with Crippen LogP contribution in [0, 0.1) is 0 Å².